The first-order valence-electron chi connectivity index (χ1n) is 18.8. The Morgan fingerprint density at radius 2 is 0.873 bits per heavy atom. The van der Waals surface area contributed by atoms with Gasteiger partial charge in [-0.05, 0) is 87.6 Å². The summed E-state index contributed by atoms with van der Waals surface area (Å²) in [6, 6.07) is 71.3. The van der Waals surface area contributed by atoms with Gasteiger partial charge in [0.25, 0.3) is 0 Å². The van der Waals surface area contributed by atoms with Crippen molar-refractivity contribution < 1.29 is 0 Å². The third-order valence-corrected chi connectivity index (χ3v) is 12.7. The predicted molar refractivity (Wildman–Crippen MR) is 236 cm³/mol. The molecule has 0 aliphatic carbocycles. The number of fused-ring (bicyclic) bond motifs is 11. The van der Waals surface area contributed by atoms with E-state index >= 15 is 0 Å². The Bertz CT molecular complexity index is 3450. The maximum absolute atomic E-state index is 2.43. The molecule has 256 valence electrons. The van der Waals surface area contributed by atoms with E-state index in [1.807, 2.05) is 11.3 Å². The van der Waals surface area contributed by atoms with Crippen molar-refractivity contribution >= 4 is 85.9 Å². The minimum absolute atomic E-state index is 1.15. The van der Waals surface area contributed by atoms with E-state index in [9.17, 15) is 0 Å². The minimum atomic E-state index is 1.15. The van der Waals surface area contributed by atoms with Crippen LogP contribution in [0.2, 0.25) is 0 Å². The minimum Gasteiger partial charge on any atom is -0.309 e. The van der Waals surface area contributed by atoms with Crippen molar-refractivity contribution in [1.82, 2.24) is 9.13 Å². The van der Waals surface area contributed by atoms with Crippen LogP contribution in [0.4, 0.5) is 0 Å². The average Bonchev–Trinajstić information content (AvgIpc) is 3.91. The highest BCUT2D eigenvalue weighted by Crippen LogP contribution is 2.44. The molecule has 0 saturated carbocycles. The summed E-state index contributed by atoms with van der Waals surface area (Å²) in [7, 11) is 0. The molecule has 3 heteroatoms. The SMILES string of the molecule is c1ccc(-n2c3ccccc3c3cc4c5ccccc5n(-c5ccc(-c6ccc(-c7cccc8c7sc7ccc9ccccc9c78)cc6)cc5)c4cc32)cc1. The molecule has 0 spiro atoms. The number of rotatable bonds is 4. The Hall–Kier alpha value is -6.94. The lowest BCUT2D eigenvalue weighted by Gasteiger charge is -2.11. The van der Waals surface area contributed by atoms with Crippen molar-refractivity contribution in [2.24, 2.45) is 0 Å². The molecule has 0 unspecified atom stereocenters. The van der Waals surface area contributed by atoms with Gasteiger partial charge in [0.05, 0.1) is 22.1 Å². The molecule has 12 aromatic rings. The number of thiophene rings is 1. The largest absolute Gasteiger partial charge is 0.309 e. The molecule has 0 atom stereocenters. The van der Waals surface area contributed by atoms with Gasteiger partial charge in [-0.15, -0.1) is 11.3 Å². The van der Waals surface area contributed by atoms with Gasteiger partial charge >= 0.3 is 0 Å². The van der Waals surface area contributed by atoms with Crippen molar-refractivity contribution in [2.75, 3.05) is 0 Å². The number of nitrogens with zero attached hydrogens (tertiary/aromatic N) is 2. The van der Waals surface area contributed by atoms with Gasteiger partial charge in [-0.3, -0.25) is 0 Å². The van der Waals surface area contributed by atoms with Crippen LogP contribution in [0.3, 0.4) is 0 Å². The lowest BCUT2D eigenvalue weighted by atomic mass is 9.98. The zero-order chi connectivity index (χ0) is 36.0. The van der Waals surface area contributed by atoms with E-state index in [0.29, 0.717) is 0 Å². The quantitative estimate of drug-likeness (QED) is 0.172. The fraction of sp³-hybridized carbons (Fsp3) is 0. The monoisotopic (exact) mass is 716 g/mol. The number of hydrogen-bond donors (Lipinski definition) is 0. The van der Waals surface area contributed by atoms with Gasteiger partial charge in [0, 0.05) is 53.1 Å². The maximum Gasteiger partial charge on any atom is 0.0562 e. The van der Waals surface area contributed by atoms with Crippen LogP contribution in [-0.4, -0.2) is 9.13 Å². The van der Waals surface area contributed by atoms with Crippen LogP contribution in [0.15, 0.2) is 194 Å². The van der Waals surface area contributed by atoms with E-state index in [4.69, 9.17) is 0 Å². The van der Waals surface area contributed by atoms with Crippen LogP contribution >= 0.6 is 11.3 Å². The Labute approximate surface area is 321 Å². The molecule has 55 heavy (non-hydrogen) atoms. The summed E-state index contributed by atoms with van der Waals surface area (Å²) in [5.41, 5.74) is 12.1. The normalized spacial score (nSPS) is 12.0. The summed E-state index contributed by atoms with van der Waals surface area (Å²) in [6.07, 6.45) is 0. The summed E-state index contributed by atoms with van der Waals surface area (Å²) in [6.45, 7) is 0. The van der Waals surface area contributed by atoms with Gasteiger partial charge in [0.1, 0.15) is 0 Å². The molecule has 0 amide bonds. The van der Waals surface area contributed by atoms with E-state index in [0.717, 1.165) is 5.69 Å². The first kappa shape index (κ1) is 30.5. The van der Waals surface area contributed by atoms with Crippen LogP contribution in [0, 0.1) is 0 Å². The van der Waals surface area contributed by atoms with E-state index < -0.39 is 0 Å². The van der Waals surface area contributed by atoms with E-state index in [1.54, 1.807) is 0 Å². The molecule has 0 bridgehead atoms. The molecular formula is C52H32N2S. The maximum atomic E-state index is 2.43. The second kappa shape index (κ2) is 11.8. The Morgan fingerprint density at radius 3 is 1.56 bits per heavy atom. The Morgan fingerprint density at radius 1 is 0.327 bits per heavy atom. The third-order valence-electron chi connectivity index (χ3n) is 11.5. The second-order valence-corrected chi connectivity index (χ2v) is 15.5. The summed E-state index contributed by atoms with van der Waals surface area (Å²) < 4.78 is 7.52. The number of benzene rings is 9. The van der Waals surface area contributed by atoms with Crippen LogP contribution in [-0.2, 0) is 0 Å². The molecular weight excluding hydrogens is 685 g/mol. The van der Waals surface area contributed by atoms with Crippen molar-refractivity contribution in [2.45, 2.75) is 0 Å². The molecule has 9 aromatic carbocycles. The topological polar surface area (TPSA) is 9.86 Å². The van der Waals surface area contributed by atoms with Crippen LogP contribution < -0.4 is 0 Å². The van der Waals surface area contributed by atoms with Crippen LogP contribution in [0.5, 0.6) is 0 Å². The first-order valence-corrected chi connectivity index (χ1v) is 19.7. The van der Waals surface area contributed by atoms with E-state index in [1.165, 1.54) is 102 Å². The average molecular weight is 717 g/mol. The van der Waals surface area contributed by atoms with Crippen molar-refractivity contribution in [3.8, 4) is 33.6 Å². The van der Waals surface area contributed by atoms with Crippen LogP contribution in [0.1, 0.15) is 0 Å². The molecule has 3 aromatic heterocycles. The van der Waals surface area contributed by atoms with Crippen LogP contribution in [0.25, 0.3) is 108 Å². The molecule has 0 N–H and O–H groups in total. The van der Waals surface area contributed by atoms with E-state index in [2.05, 4.69) is 203 Å². The summed E-state index contributed by atoms with van der Waals surface area (Å²) in [5, 5.41) is 10.4. The highest BCUT2D eigenvalue weighted by molar-refractivity contribution is 7.26. The lowest BCUT2D eigenvalue weighted by molar-refractivity contribution is 1.16. The highest BCUT2D eigenvalue weighted by Gasteiger charge is 2.19. The number of aromatic nitrogens is 2. The lowest BCUT2D eigenvalue weighted by Crippen LogP contribution is -1.95. The standard InChI is InChI=1S/C52H32N2S/c1-2-12-37(13-3-1)53-46-19-8-6-15-41(46)44-31-45-42-16-7-9-20-47(42)54(49(45)32-48(44)53)38-28-25-34(26-29-38)33-21-23-36(24-22-33)40-17-10-18-43-51-39-14-5-4-11-35(39)27-30-50(51)55-52(40)43/h1-32H. The van der Waals surface area contributed by atoms with Gasteiger partial charge in [-0.25, -0.2) is 0 Å². The second-order valence-electron chi connectivity index (χ2n) is 14.5. The highest BCUT2D eigenvalue weighted by atomic mass is 32.1. The third kappa shape index (κ3) is 4.54. The fourth-order valence-corrected chi connectivity index (χ4v) is 10.3. The summed E-state index contributed by atoms with van der Waals surface area (Å²) in [5.74, 6) is 0. The smallest absolute Gasteiger partial charge is 0.0562 e. The van der Waals surface area contributed by atoms with Gasteiger partial charge in [-0.1, -0.05) is 140 Å². The van der Waals surface area contributed by atoms with Gasteiger partial charge in [-0.2, -0.15) is 0 Å². The number of para-hydroxylation sites is 3. The molecule has 0 aliphatic rings. The van der Waals surface area contributed by atoms with Gasteiger partial charge < -0.3 is 9.13 Å². The van der Waals surface area contributed by atoms with Crippen molar-refractivity contribution in [3.63, 3.8) is 0 Å². The number of hydrogen-bond acceptors (Lipinski definition) is 1. The zero-order valence-electron chi connectivity index (χ0n) is 29.8. The molecule has 3 heterocycles. The van der Waals surface area contributed by atoms with Crippen molar-refractivity contribution in [3.05, 3.63) is 194 Å². The Balaban J connectivity index is 0.958. The first-order chi connectivity index (χ1) is 27.3. The molecule has 0 aliphatic heterocycles. The van der Waals surface area contributed by atoms with Gasteiger partial charge in [0.2, 0.25) is 0 Å². The van der Waals surface area contributed by atoms with Crippen molar-refractivity contribution in [1.29, 1.82) is 0 Å². The van der Waals surface area contributed by atoms with E-state index in [-0.39, 0.29) is 0 Å². The summed E-state index contributed by atoms with van der Waals surface area (Å²) in [4.78, 5) is 0. The molecule has 0 fully saturated rings. The fourth-order valence-electron chi connectivity index (χ4n) is 9.01. The molecule has 12 rings (SSSR count). The molecule has 0 saturated heterocycles. The Kier molecular flexibility index (Phi) is 6.54. The zero-order valence-corrected chi connectivity index (χ0v) is 30.6. The molecule has 2 nitrogen and oxygen atoms in total. The molecule has 0 radical (unpaired) electrons. The predicted octanol–water partition coefficient (Wildman–Crippen LogP) is 14.7. The summed E-state index contributed by atoms with van der Waals surface area (Å²) >= 11 is 1.90. The van der Waals surface area contributed by atoms with Gasteiger partial charge in [0.15, 0.2) is 0 Å².